The third-order valence-corrected chi connectivity index (χ3v) is 3.32. The summed E-state index contributed by atoms with van der Waals surface area (Å²) in [6.45, 7) is 0.280. The molecule has 19 heavy (non-hydrogen) atoms. The quantitative estimate of drug-likeness (QED) is 0.896. The molecule has 3 rings (SSSR count). The van der Waals surface area contributed by atoms with E-state index >= 15 is 0 Å². The van der Waals surface area contributed by atoms with E-state index in [1.807, 2.05) is 18.2 Å². The number of hydrogen-bond donors (Lipinski definition) is 1. The van der Waals surface area contributed by atoms with E-state index in [1.165, 1.54) is 10.4 Å². The molecule has 1 N–H and O–H groups in total. The zero-order chi connectivity index (χ0) is 13.2. The van der Waals surface area contributed by atoms with Crippen LogP contribution >= 0.6 is 0 Å². The molecule has 0 aliphatic heterocycles. The lowest BCUT2D eigenvalue weighted by atomic mass is 9.89. The molecule has 100 valence electrons. The van der Waals surface area contributed by atoms with Gasteiger partial charge in [0.1, 0.15) is 5.75 Å². The van der Waals surface area contributed by atoms with E-state index in [0.717, 1.165) is 30.6 Å². The Morgan fingerprint density at radius 3 is 3.16 bits per heavy atom. The van der Waals surface area contributed by atoms with E-state index in [2.05, 4.69) is 15.4 Å². The number of rotatable bonds is 3. The molecule has 6 heteroatoms. The lowest BCUT2D eigenvalue weighted by Crippen LogP contribution is -2.09. The smallest absolute Gasteiger partial charge is 0.212 e. The molecule has 1 aromatic heterocycles. The Balaban J connectivity index is 1.73. The number of aryl methyl sites for hydroxylation is 2. The van der Waals surface area contributed by atoms with Crippen molar-refractivity contribution in [1.29, 1.82) is 0 Å². The number of aliphatic hydroxyl groups is 1. The van der Waals surface area contributed by atoms with Crippen LogP contribution in [0.4, 0.5) is 0 Å². The van der Waals surface area contributed by atoms with Crippen LogP contribution in [0.25, 0.3) is 0 Å². The van der Waals surface area contributed by atoms with E-state index in [4.69, 9.17) is 4.74 Å². The summed E-state index contributed by atoms with van der Waals surface area (Å²) in [5.74, 6) is 1.27. The number of tetrazole rings is 1. The number of aliphatic hydroxyl groups excluding tert-OH is 1. The molecule has 0 unspecified atom stereocenters. The Kier molecular flexibility index (Phi) is 3.16. The van der Waals surface area contributed by atoms with Crippen molar-refractivity contribution in [3.05, 3.63) is 35.2 Å². The summed E-state index contributed by atoms with van der Waals surface area (Å²) in [6, 6.07) is 5.86. The van der Waals surface area contributed by atoms with Gasteiger partial charge in [-0.1, -0.05) is 6.07 Å². The largest absolute Gasteiger partial charge is 0.485 e. The summed E-state index contributed by atoms with van der Waals surface area (Å²) < 4.78 is 5.63. The average Bonchev–Trinajstić information content (AvgIpc) is 2.83. The lowest BCUT2D eigenvalue weighted by Gasteiger charge is -2.21. The summed E-state index contributed by atoms with van der Waals surface area (Å²) in [7, 11) is 1.71. The average molecular weight is 260 g/mol. The maximum atomic E-state index is 9.98. The Morgan fingerprint density at radius 1 is 1.47 bits per heavy atom. The van der Waals surface area contributed by atoms with Gasteiger partial charge in [0.15, 0.2) is 6.61 Å². The number of aromatic nitrogens is 4. The molecule has 1 heterocycles. The van der Waals surface area contributed by atoms with Crippen LogP contribution in [-0.4, -0.2) is 25.3 Å². The Labute approximate surface area is 111 Å². The fraction of sp³-hybridized carbons (Fsp3) is 0.462. The molecule has 0 fully saturated rings. The molecular weight excluding hydrogens is 244 g/mol. The van der Waals surface area contributed by atoms with Crippen LogP contribution in [-0.2, 0) is 20.1 Å². The summed E-state index contributed by atoms with van der Waals surface area (Å²) >= 11 is 0. The SMILES string of the molecule is Cn1nnc(COc2ccc3c(c2)[C@@H](O)CCC3)n1. The monoisotopic (exact) mass is 260 g/mol. The number of hydrogen-bond acceptors (Lipinski definition) is 5. The second-order valence-electron chi connectivity index (χ2n) is 4.75. The Bertz CT molecular complexity index is 582. The van der Waals surface area contributed by atoms with Crippen molar-refractivity contribution >= 4 is 0 Å². The third kappa shape index (κ3) is 2.58. The minimum Gasteiger partial charge on any atom is -0.485 e. The highest BCUT2D eigenvalue weighted by Crippen LogP contribution is 2.32. The molecule has 1 atom stereocenters. The maximum absolute atomic E-state index is 9.98. The molecule has 1 aromatic carbocycles. The minimum absolute atomic E-state index is 0.280. The number of ether oxygens (including phenoxy) is 1. The second kappa shape index (κ2) is 4.97. The van der Waals surface area contributed by atoms with Gasteiger partial charge in [-0.3, -0.25) is 0 Å². The number of nitrogens with zero attached hydrogens (tertiary/aromatic N) is 4. The van der Waals surface area contributed by atoms with Crippen molar-refractivity contribution in [2.24, 2.45) is 7.05 Å². The third-order valence-electron chi connectivity index (χ3n) is 3.32. The van der Waals surface area contributed by atoms with Gasteiger partial charge in [0.05, 0.1) is 13.2 Å². The molecule has 0 amide bonds. The zero-order valence-electron chi connectivity index (χ0n) is 10.8. The molecule has 0 spiro atoms. The summed E-state index contributed by atoms with van der Waals surface area (Å²) in [5.41, 5.74) is 2.19. The van der Waals surface area contributed by atoms with Gasteiger partial charge in [-0.05, 0) is 47.7 Å². The highest BCUT2D eigenvalue weighted by atomic mass is 16.5. The highest BCUT2D eigenvalue weighted by molar-refractivity contribution is 5.38. The van der Waals surface area contributed by atoms with Gasteiger partial charge in [-0.15, -0.1) is 10.2 Å². The Hall–Kier alpha value is -1.95. The molecule has 0 radical (unpaired) electrons. The van der Waals surface area contributed by atoms with Crippen molar-refractivity contribution in [2.45, 2.75) is 32.0 Å². The van der Waals surface area contributed by atoms with Gasteiger partial charge in [-0.25, -0.2) is 0 Å². The van der Waals surface area contributed by atoms with Crippen molar-refractivity contribution in [2.75, 3.05) is 0 Å². The van der Waals surface area contributed by atoms with Gasteiger partial charge < -0.3 is 9.84 Å². The van der Waals surface area contributed by atoms with E-state index in [0.29, 0.717) is 5.82 Å². The van der Waals surface area contributed by atoms with E-state index in [1.54, 1.807) is 7.05 Å². The van der Waals surface area contributed by atoms with Gasteiger partial charge in [0, 0.05) is 0 Å². The van der Waals surface area contributed by atoms with Gasteiger partial charge in [0.25, 0.3) is 0 Å². The van der Waals surface area contributed by atoms with Crippen LogP contribution in [0.3, 0.4) is 0 Å². The minimum atomic E-state index is -0.373. The maximum Gasteiger partial charge on any atom is 0.212 e. The fourth-order valence-corrected chi connectivity index (χ4v) is 2.37. The van der Waals surface area contributed by atoms with Gasteiger partial charge in [0.2, 0.25) is 5.82 Å². The molecule has 2 aromatic rings. The first-order chi connectivity index (χ1) is 9.22. The molecule has 1 aliphatic carbocycles. The van der Waals surface area contributed by atoms with Crippen molar-refractivity contribution < 1.29 is 9.84 Å². The first kappa shape index (κ1) is 12.1. The lowest BCUT2D eigenvalue weighted by molar-refractivity contribution is 0.156. The molecule has 0 bridgehead atoms. The van der Waals surface area contributed by atoms with Crippen LogP contribution in [0, 0.1) is 0 Å². The zero-order valence-corrected chi connectivity index (χ0v) is 10.8. The van der Waals surface area contributed by atoms with Crippen molar-refractivity contribution in [3.63, 3.8) is 0 Å². The van der Waals surface area contributed by atoms with Crippen LogP contribution in [0.5, 0.6) is 5.75 Å². The second-order valence-corrected chi connectivity index (χ2v) is 4.75. The highest BCUT2D eigenvalue weighted by Gasteiger charge is 2.18. The van der Waals surface area contributed by atoms with Crippen LogP contribution < -0.4 is 4.74 Å². The summed E-state index contributed by atoms with van der Waals surface area (Å²) in [6.07, 6.45) is 2.51. The summed E-state index contributed by atoms with van der Waals surface area (Å²) in [4.78, 5) is 1.40. The fourth-order valence-electron chi connectivity index (χ4n) is 2.37. The molecule has 0 saturated carbocycles. The summed E-state index contributed by atoms with van der Waals surface area (Å²) in [5, 5.41) is 21.6. The van der Waals surface area contributed by atoms with Crippen molar-refractivity contribution in [3.8, 4) is 5.75 Å². The van der Waals surface area contributed by atoms with Crippen molar-refractivity contribution in [1.82, 2.24) is 20.2 Å². The molecule has 0 saturated heterocycles. The first-order valence-electron chi connectivity index (χ1n) is 6.39. The van der Waals surface area contributed by atoms with Crippen LogP contribution in [0.15, 0.2) is 18.2 Å². The number of benzene rings is 1. The first-order valence-corrected chi connectivity index (χ1v) is 6.39. The predicted octanol–water partition coefficient (Wildman–Crippen LogP) is 1.16. The van der Waals surface area contributed by atoms with Gasteiger partial charge >= 0.3 is 0 Å². The Morgan fingerprint density at radius 2 is 2.37 bits per heavy atom. The molecule has 6 nitrogen and oxygen atoms in total. The van der Waals surface area contributed by atoms with E-state index in [9.17, 15) is 5.11 Å². The topological polar surface area (TPSA) is 73.1 Å². The van der Waals surface area contributed by atoms with E-state index in [-0.39, 0.29) is 12.7 Å². The standard InChI is InChI=1S/C13H16N4O2/c1-17-15-13(14-16-17)8-19-10-6-5-9-3-2-4-12(18)11(9)7-10/h5-7,12,18H,2-4,8H2,1H3/t12-/m0/s1. The molecular formula is C13H16N4O2. The predicted molar refractivity (Wildman–Crippen MR) is 67.5 cm³/mol. The van der Waals surface area contributed by atoms with Gasteiger partial charge in [-0.2, -0.15) is 4.80 Å². The normalized spacial score (nSPS) is 18.1. The number of fused-ring (bicyclic) bond motifs is 1. The van der Waals surface area contributed by atoms with Crippen LogP contribution in [0.2, 0.25) is 0 Å². The molecule has 1 aliphatic rings. The van der Waals surface area contributed by atoms with E-state index < -0.39 is 0 Å². The van der Waals surface area contributed by atoms with Crippen LogP contribution in [0.1, 0.15) is 35.9 Å².